The first-order chi connectivity index (χ1) is 6.86. The van der Waals surface area contributed by atoms with Crippen molar-refractivity contribution >= 4 is 11.9 Å². The van der Waals surface area contributed by atoms with Crippen LogP contribution in [0.3, 0.4) is 0 Å². The van der Waals surface area contributed by atoms with Gasteiger partial charge in [-0.05, 0) is 12.8 Å². The molecule has 0 aliphatic heterocycles. The number of carboxylic acid groups (broad SMARTS) is 2. The summed E-state index contributed by atoms with van der Waals surface area (Å²) in [5.41, 5.74) is 0. The van der Waals surface area contributed by atoms with Crippen LogP contribution in [-0.2, 0) is 9.59 Å². The Morgan fingerprint density at radius 2 is 1.40 bits per heavy atom. The fourth-order valence-electron chi connectivity index (χ4n) is 0.572. The molecular weight excluding hydrogens is 204 g/mol. The van der Waals surface area contributed by atoms with E-state index in [0.717, 1.165) is 0 Å². The average Bonchev–Trinajstić information content (AvgIpc) is 2.17. The molecule has 0 radical (unpaired) electrons. The summed E-state index contributed by atoms with van der Waals surface area (Å²) in [7, 11) is 0. The fourth-order valence-corrected chi connectivity index (χ4v) is 0.572. The van der Waals surface area contributed by atoms with E-state index in [-0.39, 0.29) is 6.42 Å². The van der Waals surface area contributed by atoms with Crippen molar-refractivity contribution in [3.63, 3.8) is 0 Å². The Morgan fingerprint density at radius 3 is 1.47 bits per heavy atom. The van der Waals surface area contributed by atoms with E-state index in [4.69, 9.17) is 20.4 Å². The molecule has 6 nitrogen and oxygen atoms in total. The first-order valence-corrected chi connectivity index (χ1v) is 4.68. The van der Waals surface area contributed by atoms with Crippen molar-refractivity contribution in [2.24, 2.45) is 0 Å². The predicted molar refractivity (Wildman–Crippen MR) is 52.5 cm³/mol. The molecule has 0 aliphatic carbocycles. The summed E-state index contributed by atoms with van der Waals surface area (Å²) in [6.45, 7) is 3.44. The molecule has 0 aromatic rings. The van der Waals surface area contributed by atoms with Gasteiger partial charge in [0.1, 0.15) is 0 Å². The molecule has 0 aliphatic rings. The Labute approximate surface area is 88.2 Å². The summed E-state index contributed by atoms with van der Waals surface area (Å²) in [5.74, 6) is -2.28. The zero-order valence-electron chi connectivity index (χ0n) is 8.88. The van der Waals surface area contributed by atoms with Crippen LogP contribution in [0, 0.1) is 0 Å². The molecule has 0 saturated carbocycles. The minimum absolute atomic E-state index is 0.273. The Bertz CT molecular complexity index is 191. The molecule has 0 fully saturated rings. The highest BCUT2D eigenvalue weighted by atomic mass is 16.4. The van der Waals surface area contributed by atoms with Crippen molar-refractivity contribution < 1.29 is 30.0 Å². The van der Waals surface area contributed by atoms with E-state index >= 15 is 0 Å². The number of carbonyl (C=O) groups is 2. The third-order valence-electron chi connectivity index (χ3n) is 1.52. The normalized spacial score (nSPS) is 13.3. The van der Waals surface area contributed by atoms with E-state index in [1.165, 1.54) is 0 Å². The highest BCUT2D eigenvalue weighted by Crippen LogP contribution is 1.94. The smallest absolute Gasteiger partial charge is 0.332 e. The second-order valence-corrected chi connectivity index (χ2v) is 2.90. The topological polar surface area (TPSA) is 115 Å². The van der Waals surface area contributed by atoms with Crippen molar-refractivity contribution in [3.05, 3.63) is 0 Å². The van der Waals surface area contributed by atoms with Gasteiger partial charge < -0.3 is 20.4 Å². The van der Waals surface area contributed by atoms with Gasteiger partial charge in [-0.25, -0.2) is 9.59 Å². The number of aliphatic hydroxyl groups is 2. The highest BCUT2D eigenvalue weighted by molar-refractivity contribution is 5.72. The number of aliphatic hydroxyl groups excluding tert-OH is 2. The first kappa shape index (κ1) is 16.3. The summed E-state index contributed by atoms with van der Waals surface area (Å²) in [6, 6.07) is 0. The van der Waals surface area contributed by atoms with E-state index in [9.17, 15) is 9.59 Å². The summed E-state index contributed by atoms with van der Waals surface area (Å²) in [4.78, 5) is 19.5. The maximum absolute atomic E-state index is 9.84. The molecule has 0 rings (SSSR count). The van der Waals surface area contributed by atoms with Crippen LogP contribution in [-0.4, -0.2) is 44.6 Å². The van der Waals surface area contributed by atoms with Crippen LogP contribution in [0.1, 0.15) is 33.1 Å². The Hall–Kier alpha value is -1.14. The van der Waals surface area contributed by atoms with Crippen molar-refractivity contribution in [1.82, 2.24) is 0 Å². The van der Waals surface area contributed by atoms with Gasteiger partial charge in [0.05, 0.1) is 0 Å². The van der Waals surface area contributed by atoms with E-state index in [1.54, 1.807) is 6.92 Å². The first-order valence-electron chi connectivity index (χ1n) is 4.68. The molecule has 0 aromatic heterocycles. The number of hydrogen-bond donors (Lipinski definition) is 4. The minimum Gasteiger partial charge on any atom is -0.479 e. The lowest BCUT2D eigenvalue weighted by atomic mass is 10.2. The lowest BCUT2D eigenvalue weighted by molar-refractivity contribution is -0.147. The Kier molecular flexibility index (Phi) is 10.2. The van der Waals surface area contributed by atoms with Gasteiger partial charge in [0.15, 0.2) is 12.2 Å². The molecule has 0 amide bonds. The molecule has 4 N–H and O–H groups in total. The quantitative estimate of drug-likeness (QED) is 0.523. The van der Waals surface area contributed by atoms with Gasteiger partial charge in [-0.15, -0.1) is 0 Å². The number of aliphatic carboxylic acids is 2. The van der Waals surface area contributed by atoms with Gasteiger partial charge in [-0.1, -0.05) is 20.3 Å². The fraction of sp³-hybridized carbons (Fsp3) is 0.778. The lowest BCUT2D eigenvalue weighted by Crippen LogP contribution is -2.18. The molecule has 2 unspecified atom stereocenters. The van der Waals surface area contributed by atoms with Crippen LogP contribution >= 0.6 is 0 Å². The van der Waals surface area contributed by atoms with E-state index < -0.39 is 24.1 Å². The van der Waals surface area contributed by atoms with Gasteiger partial charge in [-0.2, -0.15) is 0 Å². The Morgan fingerprint density at radius 1 is 1.00 bits per heavy atom. The molecule has 0 aromatic carbocycles. The number of rotatable bonds is 5. The zero-order valence-corrected chi connectivity index (χ0v) is 8.88. The third kappa shape index (κ3) is 10.8. The monoisotopic (exact) mass is 222 g/mol. The molecule has 15 heavy (non-hydrogen) atoms. The van der Waals surface area contributed by atoms with Gasteiger partial charge in [0.25, 0.3) is 0 Å². The molecule has 90 valence electrons. The van der Waals surface area contributed by atoms with Gasteiger partial charge >= 0.3 is 11.9 Å². The van der Waals surface area contributed by atoms with Crippen molar-refractivity contribution in [1.29, 1.82) is 0 Å². The molecular formula is C9H18O6. The van der Waals surface area contributed by atoms with Gasteiger partial charge in [-0.3, -0.25) is 0 Å². The van der Waals surface area contributed by atoms with Crippen LogP contribution < -0.4 is 0 Å². The van der Waals surface area contributed by atoms with Crippen LogP contribution in [0.25, 0.3) is 0 Å². The second kappa shape index (κ2) is 9.42. The number of carboxylic acids is 2. The minimum atomic E-state index is -1.18. The standard InChI is InChI=1S/C5H10O3.C4H8O3/c1-2-3-4(6)5(7)8;1-2-3(5)4(6)7/h4,6H,2-3H2,1H3,(H,7,8);3,5H,2H2,1H3,(H,6,7). The van der Waals surface area contributed by atoms with Crippen LogP contribution in [0.2, 0.25) is 0 Å². The second-order valence-electron chi connectivity index (χ2n) is 2.90. The summed E-state index contributed by atoms with van der Waals surface area (Å²) < 4.78 is 0. The highest BCUT2D eigenvalue weighted by Gasteiger charge is 2.09. The summed E-state index contributed by atoms with van der Waals surface area (Å²) in [6.07, 6.45) is -1.03. The van der Waals surface area contributed by atoms with Crippen molar-refractivity contribution in [3.8, 4) is 0 Å². The third-order valence-corrected chi connectivity index (χ3v) is 1.52. The maximum atomic E-state index is 9.84. The largest absolute Gasteiger partial charge is 0.479 e. The summed E-state index contributed by atoms with van der Waals surface area (Å²) in [5, 5.41) is 32.9. The number of hydrogen-bond acceptors (Lipinski definition) is 4. The molecule has 6 heteroatoms. The van der Waals surface area contributed by atoms with Crippen molar-refractivity contribution in [2.75, 3.05) is 0 Å². The van der Waals surface area contributed by atoms with Crippen molar-refractivity contribution in [2.45, 2.75) is 45.3 Å². The average molecular weight is 222 g/mol. The predicted octanol–water partition coefficient (Wildman–Crippen LogP) is 0.0739. The van der Waals surface area contributed by atoms with Gasteiger partial charge in [0, 0.05) is 0 Å². The molecule has 0 heterocycles. The molecule has 2 atom stereocenters. The SMILES string of the molecule is CCC(O)C(=O)O.CCCC(O)C(=O)O. The van der Waals surface area contributed by atoms with Crippen LogP contribution in [0.15, 0.2) is 0 Å². The zero-order chi connectivity index (χ0) is 12.4. The lowest BCUT2D eigenvalue weighted by Gasteiger charge is -1.99. The van der Waals surface area contributed by atoms with E-state index in [1.807, 2.05) is 6.92 Å². The van der Waals surface area contributed by atoms with Gasteiger partial charge in [0.2, 0.25) is 0 Å². The van der Waals surface area contributed by atoms with E-state index in [0.29, 0.717) is 12.8 Å². The summed E-state index contributed by atoms with van der Waals surface area (Å²) >= 11 is 0. The van der Waals surface area contributed by atoms with Crippen LogP contribution in [0.5, 0.6) is 0 Å². The Balaban J connectivity index is 0. The van der Waals surface area contributed by atoms with E-state index in [2.05, 4.69) is 0 Å². The maximum Gasteiger partial charge on any atom is 0.332 e. The molecule has 0 saturated heterocycles. The van der Waals surface area contributed by atoms with Crippen LogP contribution in [0.4, 0.5) is 0 Å². The molecule has 0 spiro atoms. The molecule has 0 bridgehead atoms.